The number of esters is 1. The Hall–Kier alpha value is -0.323. The number of halogens is 1. The van der Waals surface area contributed by atoms with E-state index in [1.165, 1.54) is 0 Å². The maximum Gasteiger partial charge on any atom is 0.330 e. The van der Waals surface area contributed by atoms with Crippen LogP contribution in [-0.2, 0) is 14.0 Å². The highest BCUT2D eigenvalue weighted by atomic mass is 35.5. The molecule has 5 heteroatoms. The Balaban J connectivity index is 3.28. The zero-order valence-corrected chi connectivity index (χ0v) is 20.7. The van der Waals surface area contributed by atoms with Gasteiger partial charge in [0.2, 0.25) is 0 Å². The second kappa shape index (κ2) is 9.45. The Morgan fingerprint density at radius 3 is 2.15 bits per heavy atom. The number of ether oxygens (including phenoxy) is 1. The van der Waals surface area contributed by atoms with Crippen LogP contribution in [-0.4, -0.2) is 31.4 Å². The monoisotopic (exact) mass is 416 g/mol. The van der Waals surface area contributed by atoms with E-state index >= 15 is 0 Å². The van der Waals surface area contributed by atoms with Crippen LogP contribution >= 0.6 is 11.6 Å². The van der Waals surface area contributed by atoms with Crippen molar-refractivity contribution >= 4 is 25.9 Å². The van der Waals surface area contributed by atoms with E-state index in [0.717, 1.165) is 30.1 Å². The molecule has 0 saturated heterocycles. The summed E-state index contributed by atoms with van der Waals surface area (Å²) in [5.41, 5.74) is 0.850. The van der Waals surface area contributed by atoms with Crippen LogP contribution in [0.5, 0.6) is 0 Å². The Bertz CT molecular complexity index is 528. The topological polar surface area (TPSA) is 35.5 Å². The van der Waals surface area contributed by atoms with Gasteiger partial charge in [0.05, 0.1) is 12.2 Å². The van der Waals surface area contributed by atoms with Gasteiger partial charge in [0, 0.05) is 11.0 Å². The molecule has 27 heavy (non-hydrogen) atoms. The van der Waals surface area contributed by atoms with E-state index in [2.05, 4.69) is 48.5 Å². The third kappa shape index (κ3) is 5.60. The van der Waals surface area contributed by atoms with Crippen LogP contribution in [0, 0.1) is 17.8 Å². The number of alkyl halides is 1. The number of allylic oxidation sites excluding steroid dienone is 1. The highest BCUT2D eigenvalue weighted by Crippen LogP contribution is 2.55. The van der Waals surface area contributed by atoms with Crippen LogP contribution in [0.3, 0.4) is 0 Å². The van der Waals surface area contributed by atoms with Crippen molar-refractivity contribution in [1.29, 1.82) is 0 Å². The van der Waals surface area contributed by atoms with Gasteiger partial charge in [-0.05, 0) is 76.9 Å². The number of carbonyl (C=O) groups excluding carboxylic acids is 1. The smallest absolute Gasteiger partial charge is 0.330 e. The van der Waals surface area contributed by atoms with E-state index in [1.807, 2.05) is 13.8 Å². The third-order valence-corrected chi connectivity index (χ3v) is 12.0. The molecule has 1 saturated carbocycles. The first kappa shape index (κ1) is 24.7. The molecule has 4 atom stereocenters. The number of hydrogen-bond acceptors (Lipinski definition) is 3. The minimum Gasteiger partial charge on any atom is -0.463 e. The molecule has 1 aliphatic carbocycles. The fourth-order valence-corrected chi connectivity index (χ4v) is 8.33. The predicted molar refractivity (Wildman–Crippen MR) is 118 cm³/mol. The summed E-state index contributed by atoms with van der Waals surface area (Å²) in [5.74, 6) is 0.497. The van der Waals surface area contributed by atoms with E-state index in [9.17, 15) is 4.79 Å². The van der Waals surface area contributed by atoms with Gasteiger partial charge in [0.15, 0.2) is 8.32 Å². The van der Waals surface area contributed by atoms with Crippen molar-refractivity contribution in [2.45, 2.75) is 97.3 Å². The second-order valence-corrected chi connectivity index (χ2v) is 14.7. The minimum absolute atomic E-state index is 0.209. The van der Waals surface area contributed by atoms with Gasteiger partial charge in [-0.3, -0.25) is 0 Å². The van der Waals surface area contributed by atoms with Crippen molar-refractivity contribution in [3.63, 3.8) is 0 Å². The molecule has 0 radical (unpaired) electrons. The Kier molecular flexibility index (Phi) is 8.65. The van der Waals surface area contributed by atoms with E-state index in [1.54, 1.807) is 6.08 Å². The molecule has 0 bridgehead atoms. The molecule has 0 aromatic heterocycles. The van der Waals surface area contributed by atoms with E-state index in [-0.39, 0.29) is 28.3 Å². The molecule has 0 spiro atoms. The quantitative estimate of drug-likeness (QED) is 0.184. The van der Waals surface area contributed by atoms with Gasteiger partial charge in [-0.1, -0.05) is 33.3 Å². The molecule has 0 aromatic carbocycles. The number of hydrogen-bond donors (Lipinski definition) is 0. The third-order valence-electron chi connectivity index (χ3n) is 6.98. The molecule has 1 rings (SSSR count). The summed E-state index contributed by atoms with van der Waals surface area (Å²) < 4.78 is 12.2. The molecule has 0 N–H and O–H groups in total. The van der Waals surface area contributed by atoms with Gasteiger partial charge in [-0.2, -0.15) is 0 Å². The van der Waals surface area contributed by atoms with Crippen molar-refractivity contribution in [3.05, 3.63) is 11.6 Å². The molecule has 0 aromatic rings. The van der Waals surface area contributed by atoms with Gasteiger partial charge in [-0.15, -0.1) is 11.6 Å². The molecule has 1 fully saturated rings. The maximum absolute atomic E-state index is 12.0. The lowest BCUT2D eigenvalue weighted by Crippen LogP contribution is -2.47. The lowest BCUT2D eigenvalue weighted by Gasteiger charge is -2.41. The SMILES string of the molecule is CCOC(=O)/C=C(\C)[C@H]1[C@H](C(C)(C)Cl)C[C@](C)(O[Si](CC)(CC)CC)[C@@H]1C. The number of rotatable bonds is 9. The normalized spacial score (nSPS) is 29.9. The van der Waals surface area contributed by atoms with Crippen LogP contribution in [0.4, 0.5) is 0 Å². The average Bonchev–Trinajstić information content (AvgIpc) is 2.85. The zero-order valence-electron chi connectivity index (χ0n) is 18.9. The van der Waals surface area contributed by atoms with E-state index in [0.29, 0.717) is 12.5 Å². The summed E-state index contributed by atoms with van der Waals surface area (Å²) in [4.78, 5) is 11.7. The zero-order chi connectivity index (χ0) is 21.0. The highest BCUT2D eigenvalue weighted by molar-refractivity contribution is 6.73. The second-order valence-electron chi connectivity index (χ2n) is 8.99. The summed E-state index contributed by atoms with van der Waals surface area (Å²) in [7, 11) is -1.75. The number of carbonyl (C=O) groups is 1. The van der Waals surface area contributed by atoms with Crippen molar-refractivity contribution in [2.24, 2.45) is 17.8 Å². The van der Waals surface area contributed by atoms with Crippen LogP contribution in [0.2, 0.25) is 18.1 Å². The molecule has 158 valence electrons. The maximum atomic E-state index is 12.0. The van der Waals surface area contributed by atoms with E-state index in [4.69, 9.17) is 20.8 Å². The lowest BCUT2D eigenvalue weighted by atomic mass is 9.78. The molecule has 1 aliphatic rings. The van der Waals surface area contributed by atoms with Crippen molar-refractivity contribution in [1.82, 2.24) is 0 Å². The van der Waals surface area contributed by atoms with Crippen molar-refractivity contribution in [3.8, 4) is 0 Å². The molecule has 3 nitrogen and oxygen atoms in total. The Morgan fingerprint density at radius 1 is 1.22 bits per heavy atom. The van der Waals surface area contributed by atoms with E-state index < -0.39 is 8.32 Å². The van der Waals surface area contributed by atoms with Crippen molar-refractivity contribution in [2.75, 3.05) is 6.61 Å². The van der Waals surface area contributed by atoms with Gasteiger partial charge in [0.1, 0.15) is 0 Å². The fraction of sp³-hybridized carbons (Fsp3) is 0.864. The minimum atomic E-state index is -1.75. The van der Waals surface area contributed by atoms with Crippen LogP contribution in [0.1, 0.15) is 68.7 Å². The van der Waals surface area contributed by atoms with Crippen LogP contribution < -0.4 is 0 Å². The standard InChI is InChI=1S/C22H41ClO3Si/c1-10-25-19(24)14-16(5)20-17(6)22(9,15-18(20)21(7,8)23)26-27(11-2,12-3)13-4/h14,17-18,20H,10-13,15H2,1-9H3/b16-14+/t17-,18-,20-,22+/m1/s1. The summed E-state index contributed by atoms with van der Waals surface area (Å²) in [6.45, 7) is 19.8. The van der Waals surface area contributed by atoms with Gasteiger partial charge in [-0.25, -0.2) is 4.79 Å². The molecular formula is C22H41ClO3Si. The summed E-state index contributed by atoms with van der Waals surface area (Å²) in [6, 6.07) is 3.42. The summed E-state index contributed by atoms with van der Waals surface area (Å²) in [6.07, 6.45) is 2.59. The first-order chi connectivity index (χ1) is 12.4. The fourth-order valence-electron chi connectivity index (χ4n) is 4.92. The molecular weight excluding hydrogens is 376 g/mol. The largest absolute Gasteiger partial charge is 0.463 e. The highest BCUT2D eigenvalue weighted by Gasteiger charge is 2.55. The van der Waals surface area contributed by atoms with Gasteiger partial charge < -0.3 is 9.16 Å². The van der Waals surface area contributed by atoms with Gasteiger partial charge >= 0.3 is 5.97 Å². The summed E-state index contributed by atoms with van der Waals surface area (Å²) >= 11 is 6.85. The van der Waals surface area contributed by atoms with Crippen molar-refractivity contribution < 1.29 is 14.0 Å². The first-order valence-electron chi connectivity index (χ1n) is 10.6. The lowest BCUT2D eigenvalue weighted by molar-refractivity contribution is -0.137. The molecule has 0 amide bonds. The molecule has 0 unspecified atom stereocenters. The molecule has 0 aliphatic heterocycles. The Labute approximate surface area is 173 Å². The predicted octanol–water partition coefficient (Wildman–Crippen LogP) is 6.57. The molecule has 0 heterocycles. The first-order valence-corrected chi connectivity index (χ1v) is 13.5. The van der Waals surface area contributed by atoms with Crippen LogP contribution in [0.15, 0.2) is 11.6 Å². The van der Waals surface area contributed by atoms with Crippen LogP contribution in [0.25, 0.3) is 0 Å². The van der Waals surface area contributed by atoms with Gasteiger partial charge in [0.25, 0.3) is 0 Å². The average molecular weight is 417 g/mol. The summed E-state index contributed by atoms with van der Waals surface area (Å²) in [5, 5.41) is 0. The Morgan fingerprint density at radius 2 is 1.74 bits per heavy atom.